The maximum absolute atomic E-state index is 11.7. The largest absolute Gasteiger partial charge is 0.493 e. The van der Waals surface area contributed by atoms with Crippen LogP contribution in [-0.4, -0.2) is 39.4 Å². The molecule has 0 atom stereocenters. The summed E-state index contributed by atoms with van der Waals surface area (Å²) >= 11 is 0. The molecule has 0 aliphatic heterocycles. The molecule has 0 saturated carbocycles. The van der Waals surface area contributed by atoms with Crippen molar-refractivity contribution < 1.29 is 28.5 Å². The average molecular weight is 409 g/mol. The van der Waals surface area contributed by atoms with E-state index in [1.54, 1.807) is 0 Å². The van der Waals surface area contributed by atoms with Crippen molar-refractivity contribution in [3.05, 3.63) is 23.8 Å². The van der Waals surface area contributed by atoms with E-state index in [0.29, 0.717) is 26.1 Å². The van der Waals surface area contributed by atoms with Crippen LogP contribution in [0.2, 0.25) is 0 Å². The van der Waals surface area contributed by atoms with Gasteiger partial charge >= 0.3 is 11.9 Å². The van der Waals surface area contributed by atoms with E-state index in [2.05, 4.69) is 0 Å². The first-order valence-corrected chi connectivity index (χ1v) is 10.1. The second-order valence-electron chi connectivity index (χ2n) is 8.58. The SMILES string of the molecule is COC(=O)C(C)(C)CCCOc1ccc(C)c(OCCCC(C)(C)C(=O)OC)c1. The molecule has 1 rings (SSSR count). The van der Waals surface area contributed by atoms with Gasteiger partial charge in [-0.1, -0.05) is 6.07 Å². The van der Waals surface area contributed by atoms with Crippen molar-refractivity contribution in [2.75, 3.05) is 27.4 Å². The molecule has 1 aromatic rings. The van der Waals surface area contributed by atoms with E-state index >= 15 is 0 Å². The fourth-order valence-electron chi connectivity index (χ4n) is 2.98. The first-order valence-electron chi connectivity index (χ1n) is 10.1. The molecule has 0 aliphatic rings. The predicted octanol–water partition coefficient (Wildman–Crippen LogP) is 4.71. The zero-order chi connectivity index (χ0) is 22.1. The van der Waals surface area contributed by atoms with Gasteiger partial charge in [-0.05, 0) is 71.9 Å². The van der Waals surface area contributed by atoms with E-state index in [4.69, 9.17) is 18.9 Å². The summed E-state index contributed by atoms with van der Waals surface area (Å²) in [6.45, 7) is 10.5. The van der Waals surface area contributed by atoms with Crippen LogP contribution in [0.25, 0.3) is 0 Å². The number of hydrogen-bond acceptors (Lipinski definition) is 6. The maximum Gasteiger partial charge on any atom is 0.311 e. The van der Waals surface area contributed by atoms with Crippen LogP contribution < -0.4 is 9.47 Å². The molecule has 0 spiro atoms. The molecule has 0 radical (unpaired) electrons. The number of esters is 2. The highest BCUT2D eigenvalue weighted by Crippen LogP contribution is 2.28. The van der Waals surface area contributed by atoms with Gasteiger partial charge in [0, 0.05) is 6.07 Å². The van der Waals surface area contributed by atoms with Crippen LogP contribution in [-0.2, 0) is 19.1 Å². The van der Waals surface area contributed by atoms with Crippen LogP contribution in [0.1, 0.15) is 58.9 Å². The molecule has 0 N–H and O–H groups in total. The summed E-state index contributed by atoms with van der Waals surface area (Å²) in [7, 11) is 2.82. The van der Waals surface area contributed by atoms with Gasteiger partial charge < -0.3 is 18.9 Å². The Bertz CT molecular complexity index is 678. The lowest BCUT2D eigenvalue weighted by Gasteiger charge is -2.21. The topological polar surface area (TPSA) is 71.1 Å². The Balaban J connectivity index is 2.48. The average Bonchev–Trinajstić information content (AvgIpc) is 2.68. The molecule has 0 heterocycles. The van der Waals surface area contributed by atoms with Crippen molar-refractivity contribution in [3.63, 3.8) is 0 Å². The third-order valence-corrected chi connectivity index (χ3v) is 5.05. The van der Waals surface area contributed by atoms with Crippen LogP contribution in [0.4, 0.5) is 0 Å². The number of carbonyl (C=O) groups excluding carboxylic acids is 2. The van der Waals surface area contributed by atoms with Gasteiger partial charge in [0.05, 0.1) is 38.3 Å². The van der Waals surface area contributed by atoms with Crippen LogP contribution in [0.5, 0.6) is 11.5 Å². The van der Waals surface area contributed by atoms with E-state index in [9.17, 15) is 9.59 Å². The zero-order valence-corrected chi connectivity index (χ0v) is 18.9. The van der Waals surface area contributed by atoms with Crippen molar-refractivity contribution in [3.8, 4) is 11.5 Å². The third-order valence-electron chi connectivity index (χ3n) is 5.05. The lowest BCUT2D eigenvalue weighted by molar-refractivity contribution is -0.152. The summed E-state index contributed by atoms with van der Waals surface area (Å²) in [4.78, 5) is 23.4. The number of rotatable bonds is 12. The normalized spacial score (nSPS) is 11.7. The summed E-state index contributed by atoms with van der Waals surface area (Å²) in [6.07, 6.45) is 2.86. The summed E-state index contributed by atoms with van der Waals surface area (Å²) in [5, 5.41) is 0. The number of hydrogen-bond donors (Lipinski definition) is 0. The Morgan fingerprint density at radius 3 is 1.79 bits per heavy atom. The quantitative estimate of drug-likeness (QED) is 0.368. The van der Waals surface area contributed by atoms with Gasteiger partial charge in [0.25, 0.3) is 0 Å². The highest BCUT2D eigenvalue weighted by molar-refractivity contribution is 5.76. The highest BCUT2D eigenvalue weighted by Gasteiger charge is 2.28. The Morgan fingerprint density at radius 2 is 1.31 bits per heavy atom. The number of carbonyl (C=O) groups is 2. The van der Waals surface area contributed by atoms with E-state index in [-0.39, 0.29) is 11.9 Å². The summed E-state index contributed by atoms with van der Waals surface area (Å²) in [5.74, 6) is 1.09. The Labute approximate surface area is 174 Å². The van der Waals surface area contributed by atoms with Crippen molar-refractivity contribution in [2.24, 2.45) is 10.8 Å². The molecule has 1 aromatic carbocycles. The lowest BCUT2D eigenvalue weighted by atomic mass is 9.88. The molecule has 0 fully saturated rings. The molecule has 0 unspecified atom stereocenters. The van der Waals surface area contributed by atoms with Crippen LogP contribution in [0.15, 0.2) is 18.2 Å². The minimum Gasteiger partial charge on any atom is -0.493 e. The minimum absolute atomic E-state index is 0.209. The Hall–Kier alpha value is -2.24. The van der Waals surface area contributed by atoms with Crippen molar-refractivity contribution in [2.45, 2.75) is 60.3 Å². The molecule has 0 aromatic heterocycles. The van der Waals surface area contributed by atoms with Crippen molar-refractivity contribution >= 4 is 11.9 Å². The number of ether oxygens (including phenoxy) is 4. The van der Waals surface area contributed by atoms with Gasteiger partial charge in [0.15, 0.2) is 0 Å². The highest BCUT2D eigenvalue weighted by atomic mass is 16.5. The number of aryl methyl sites for hydroxylation is 1. The lowest BCUT2D eigenvalue weighted by Crippen LogP contribution is -2.26. The second-order valence-corrected chi connectivity index (χ2v) is 8.58. The van der Waals surface area contributed by atoms with Crippen molar-refractivity contribution in [1.82, 2.24) is 0 Å². The fourth-order valence-corrected chi connectivity index (χ4v) is 2.98. The summed E-state index contributed by atoms with van der Waals surface area (Å²) in [6, 6.07) is 5.75. The monoisotopic (exact) mass is 408 g/mol. The molecule has 164 valence electrons. The molecule has 6 nitrogen and oxygen atoms in total. The van der Waals surface area contributed by atoms with E-state index in [1.807, 2.05) is 52.8 Å². The Morgan fingerprint density at radius 1 is 0.828 bits per heavy atom. The molecular weight excluding hydrogens is 372 g/mol. The van der Waals surface area contributed by atoms with Gasteiger partial charge in [-0.2, -0.15) is 0 Å². The van der Waals surface area contributed by atoms with Crippen LogP contribution >= 0.6 is 0 Å². The smallest absolute Gasteiger partial charge is 0.311 e. The summed E-state index contributed by atoms with van der Waals surface area (Å²) < 4.78 is 21.4. The molecule has 29 heavy (non-hydrogen) atoms. The zero-order valence-electron chi connectivity index (χ0n) is 18.9. The molecule has 0 saturated heterocycles. The van der Waals surface area contributed by atoms with Gasteiger partial charge in [0.1, 0.15) is 11.5 Å². The molecule has 0 amide bonds. The summed E-state index contributed by atoms with van der Waals surface area (Å²) in [5.41, 5.74) is -0.00956. The Kier molecular flexibility index (Phi) is 9.47. The van der Waals surface area contributed by atoms with Gasteiger partial charge in [-0.3, -0.25) is 9.59 Å². The predicted molar refractivity (Wildman–Crippen MR) is 112 cm³/mol. The van der Waals surface area contributed by atoms with E-state index in [1.165, 1.54) is 14.2 Å². The first-order chi connectivity index (χ1) is 13.5. The third kappa shape index (κ3) is 7.95. The fraction of sp³-hybridized carbons (Fsp3) is 0.652. The number of methoxy groups -OCH3 is 2. The molecule has 6 heteroatoms. The standard InChI is InChI=1S/C23H36O6/c1-17-10-11-18(28-14-8-12-22(2,3)20(24)26-6)16-19(17)29-15-9-13-23(4,5)21(25)27-7/h10-11,16H,8-9,12-15H2,1-7H3. The van der Waals surface area contributed by atoms with Gasteiger partial charge in [-0.15, -0.1) is 0 Å². The van der Waals surface area contributed by atoms with E-state index in [0.717, 1.165) is 29.9 Å². The molecule has 0 bridgehead atoms. The van der Waals surface area contributed by atoms with E-state index < -0.39 is 10.8 Å². The number of benzene rings is 1. The molecular formula is C23H36O6. The first kappa shape index (κ1) is 24.8. The van der Waals surface area contributed by atoms with Crippen molar-refractivity contribution in [1.29, 1.82) is 0 Å². The maximum atomic E-state index is 11.7. The second kappa shape index (κ2) is 11.1. The van der Waals surface area contributed by atoms with Crippen LogP contribution in [0.3, 0.4) is 0 Å². The van der Waals surface area contributed by atoms with Gasteiger partial charge in [-0.25, -0.2) is 0 Å². The van der Waals surface area contributed by atoms with Gasteiger partial charge in [0.2, 0.25) is 0 Å². The van der Waals surface area contributed by atoms with Crippen LogP contribution in [0, 0.1) is 17.8 Å². The molecule has 0 aliphatic carbocycles. The minimum atomic E-state index is -0.518.